The minimum absolute atomic E-state index is 0.0828. The Morgan fingerprint density at radius 2 is 2.29 bits per heavy atom. The van der Waals surface area contributed by atoms with Crippen molar-refractivity contribution in [3.05, 3.63) is 39.8 Å². The van der Waals surface area contributed by atoms with Crippen molar-refractivity contribution in [2.45, 2.75) is 0 Å². The predicted octanol–water partition coefficient (Wildman–Crippen LogP) is 2.38. The first-order valence-corrected chi connectivity index (χ1v) is 4.86. The Hall–Kier alpha value is -1.42. The van der Waals surface area contributed by atoms with E-state index in [1.54, 1.807) is 13.1 Å². The molecule has 72 valence electrons. The molecule has 0 aliphatic carbocycles. The lowest BCUT2D eigenvalue weighted by molar-refractivity contribution is 0.626. The van der Waals surface area contributed by atoms with Gasteiger partial charge in [0.1, 0.15) is 5.82 Å². The monoisotopic (exact) mass is 209 g/mol. The molecule has 0 saturated heterocycles. The van der Waals surface area contributed by atoms with E-state index in [0.717, 1.165) is 16.0 Å². The highest BCUT2D eigenvalue weighted by Gasteiger charge is 2.07. The zero-order chi connectivity index (χ0) is 10.3. The maximum Gasteiger partial charge on any atom is 0.307 e. The van der Waals surface area contributed by atoms with Gasteiger partial charge in [-0.2, -0.15) is 0 Å². The number of benzene rings is 1. The summed E-state index contributed by atoms with van der Waals surface area (Å²) in [6.45, 7) is 3.51. The van der Waals surface area contributed by atoms with Crippen LogP contribution in [0.2, 0.25) is 0 Å². The number of aromatic nitrogens is 1. The molecule has 0 aliphatic rings. The van der Waals surface area contributed by atoms with E-state index in [9.17, 15) is 9.18 Å². The van der Waals surface area contributed by atoms with E-state index in [2.05, 4.69) is 6.58 Å². The van der Waals surface area contributed by atoms with E-state index in [1.807, 2.05) is 0 Å². The molecular weight excluding hydrogens is 201 g/mol. The summed E-state index contributed by atoms with van der Waals surface area (Å²) in [4.78, 5) is 11.2. The Balaban J connectivity index is 2.92. The smallest absolute Gasteiger partial charge is 0.302 e. The molecule has 0 bridgehead atoms. The quantitative estimate of drug-likeness (QED) is 0.706. The van der Waals surface area contributed by atoms with Crippen LogP contribution in [-0.2, 0) is 7.05 Å². The van der Waals surface area contributed by atoms with Crippen molar-refractivity contribution < 1.29 is 4.39 Å². The summed E-state index contributed by atoms with van der Waals surface area (Å²) in [6.07, 6.45) is 1.44. The van der Waals surface area contributed by atoms with E-state index in [-0.39, 0.29) is 10.7 Å². The summed E-state index contributed by atoms with van der Waals surface area (Å²) in [5, 5.41) is 0. The first-order chi connectivity index (χ1) is 6.63. The minimum atomic E-state index is -0.346. The van der Waals surface area contributed by atoms with Gasteiger partial charge in [-0.25, -0.2) is 4.39 Å². The van der Waals surface area contributed by atoms with Crippen LogP contribution in [0.25, 0.3) is 16.3 Å². The van der Waals surface area contributed by atoms with E-state index in [1.165, 1.54) is 16.7 Å². The molecule has 0 saturated carbocycles. The Morgan fingerprint density at radius 3 is 2.93 bits per heavy atom. The lowest BCUT2D eigenvalue weighted by Crippen LogP contribution is -2.06. The highest BCUT2D eigenvalue weighted by molar-refractivity contribution is 7.16. The normalized spacial score (nSPS) is 10.7. The largest absolute Gasteiger partial charge is 0.307 e. The average Bonchev–Trinajstić information content (AvgIpc) is 2.43. The van der Waals surface area contributed by atoms with Crippen LogP contribution < -0.4 is 4.87 Å². The Labute approximate surface area is 83.9 Å². The molecule has 0 aliphatic heterocycles. The summed E-state index contributed by atoms with van der Waals surface area (Å²) in [5.41, 5.74) is 1.06. The Bertz CT molecular complexity index is 567. The van der Waals surface area contributed by atoms with Gasteiger partial charge in [-0.05, 0) is 12.1 Å². The van der Waals surface area contributed by atoms with E-state index >= 15 is 0 Å². The van der Waals surface area contributed by atoms with Gasteiger partial charge in [0.25, 0.3) is 0 Å². The van der Waals surface area contributed by atoms with Gasteiger partial charge in [0.15, 0.2) is 0 Å². The van der Waals surface area contributed by atoms with Crippen LogP contribution in [0, 0.1) is 5.82 Å². The molecule has 0 fully saturated rings. The summed E-state index contributed by atoms with van der Waals surface area (Å²) in [5.74, 6) is -0.346. The van der Waals surface area contributed by atoms with Gasteiger partial charge >= 0.3 is 4.87 Å². The van der Waals surface area contributed by atoms with Crippen molar-refractivity contribution >= 4 is 27.6 Å². The maximum absolute atomic E-state index is 13.3. The predicted molar refractivity (Wildman–Crippen MR) is 57.1 cm³/mol. The second-order valence-electron chi connectivity index (χ2n) is 2.97. The first-order valence-electron chi connectivity index (χ1n) is 4.05. The van der Waals surface area contributed by atoms with Gasteiger partial charge in [0.2, 0.25) is 0 Å². The molecule has 2 nitrogen and oxygen atoms in total. The number of hydrogen-bond donors (Lipinski definition) is 0. The molecule has 2 aromatic rings. The number of fused-ring (bicyclic) bond motifs is 1. The zero-order valence-corrected chi connectivity index (χ0v) is 8.40. The number of hydrogen-bond acceptors (Lipinski definition) is 2. The van der Waals surface area contributed by atoms with Gasteiger partial charge in [0.05, 0.1) is 10.2 Å². The van der Waals surface area contributed by atoms with Gasteiger partial charge < -0.3 is 4.57 Å². The highest BCUT2D eigenvalue weighted by atomic mass is 32.1. The Morgan fingerprint density at radius 1 is 1.57 bits per heavy atom. The lowest BCUT2D eigenvalue weighted by atomic mass is 10.2. The molecule has 1 heterocycles. The molecule has 0 amide bonds. The van der Waals surface area contributed by atoms with Crippen LogP contribution in [0.4, 0.5) is 4.39 Å². The van der Waals surface area contributed by atoms with Crippen molar-refractivity contribution in [1.82, 2.24) is 4.57 Å². The highest BCUT2D eigenvalue weighted by Crippen LogP contribution is 2.21. The van der Waals surface area contributed by atoms with E-state index in [0.29, 0.717) is 11.1 Å². The van der Waals surface area contributed by atoms with Crippen molar-refractivity contribution in [1.29, 1.82) is 0 Å². The fourth-order valence-electron chi connectivity index (χ4n) is 1.32. The number of nitrogens with zero attached hydrogens (tertiary/aromatic N) is 1. The van der Waals surface area contributed by atoms with E-state index < -0.39 is 0 Å². The standard InChI is InChI=1S/C10H8FNOS/c1-3-6-4-9-8(5-7(6)11)12(2)10(13)14-9/h3-5H,1H2,2H3. The summed E-state index contributed by atoms with van der Waals surface area (Å²) < 4.78 is 15.6. The third-order valence-corrected chi connectivity index (χ3v) is 3.13. The number of halogens is 1. The van der Waals surface area contributed by atoms with Gasteiger partial charge in [-0.15, -0.1) is 0 Å². The third-order valence-electron chi connectivity index (χ3n) is 2.13. The van der Waals surface area contributed by atoms with Crippen molar-refractivity contribution in [3.63, 3.8) is 0 Å². The molecule has 0 radical (unpaired) electrons. The molecule has 0 atom stereocenters. The fraction of sp³-hybridized carbons (Fsp3) is 0.100. The second kappa shape index (κ2) is 3.06. The van der Waals surface area contributed by atoms with Crippen LogP contribution in [0.1, 0.15) is 5.56 Å². The second-order valence-corrected chi connectivity index (χ2v) is 3.97. The molecule has 1 aromatic heterocycles. The first kappa shape index (κ1) is 9.15. The van der Waals surface area contributed by atoms with Crippen molar-refractivity contribution in [2.24, 2.45) is 7.05 Å². The molecule has 4 heteroatoms. The van der Waals surface area contributed by atoms with Crippen molar-refractivity contribution in [2.75, 3.05) is 0 Å². The van der Waals surface area contributed by atoms with Crippen LogP contribution in [0.15, 0.2) is 23.5 Å². The minimum Gasteiger partial charge on any atom is -0.302 e. The van der Waals surface area contributed by atoms with E-state index in [4.69, 9.17) is 0 Å². The molecule has 1 aromatic carbocycles. The maximum atomic E-state index is 13.3. The fourth-order valence-corrected chi connectivity index (χ4v) is 2.23. The molecule has 0 spiro atoms. The lowest BCUT2D eigenvalue weighted by Gasteiger charge is -1.98. The number of thiazole rings is 1. The van der Waals surface area contributed by atoms with Crippen molar-refractivity contribution in [3.8, 4) is 0 Å². The van der Waals surface area contributed by atoms with Gasteiger partial charge in [0, 0.05) is 12.6 Å². The zero-order valence-electron chi connectivity index (χ0n) is 7.58. The molecule has 14 heavy (non-hydrogen) atoms. The summed E-state index contributed by atoms with van der Waals surface area (Å²) in [7, 11) is 1.63. The molecular formula is C10H8FNOS. The Kier molecular flexibility index (Phi) is 2.00. The molecule has 0 N–H and O–H groups in total. The molecule has 2 rings (SSSR count). The molecule has 0 unspecified atom stereocenters. The summed E-state index contributed by atoms with van der Waals surface area (Å²) >= 11 is 1.11. The van der Waals surface area contributed by atoms with Crippen LogP contribution >= 0.6 is 11.3 Å². The SMILES string of the molecule is C=Cc1cc2sc(=O)n(C)c2cc1F. The van der Waals surface area contributed by atoms with Crippen LogP contribution in [0.3, 0.4) is 0 Å². The third kappa shape index (κ3) is 1.19. The van der Waals surface area contributed by atoms with Gasteiger partial charge in [-0.1, -0.05) is 24.0 Å². The average molecular weight is 209 g/mol. The van der Waals surface area contributed by atoms with Gasteiger partial charge in [-0.3, -0.25) is 4.79 Å². The van der Waals surface area contributed by atoms with Crippen LogP contribution in [-0.4, -0.2) is 4.57 Å². The topological polar surface area (TPSA) is 22.0 Å². The number of rotatable bonds is 1. The van der Waals surface area contributed by atoms with Crippen LogP contribution in [0.5, 0.6) is 0 Å². The summed E-state index contributed by atoms with van der Waals surface area (Å²) in [6, 6.07) is 3.01. The number of aryl methyl sites for hydroxylation is 1.